The van der Waals surface area contributed by atoms with Crippen molar-refractivity contribution < 1.29 is 0 Å². The van der Waals surface area contributed by atoms with Gasteiger partial charge in [-0.1, -0.05) is 43.3 Å². The maximum atomic E-state index is 5.80. The zero-order chi connectivity index (χ0) is 14.7. The number of nitrogens with two attached hydrogens (primary N) is 1. The number of benzene rings is 2. The molecule has 0 saturated heterocycles. The second kappa shape index (κ2) is 6.29. The van der Waals surface area contributed by atoms with Gasteiger partial charge in [-0.25, -0.2) is 0 Å². The number of hydrogen-bond donors (Lipinski definition) is 1. The molecule has 0 atom stereocenters. The highest BCUT2D eigenvalue weighted by Crippen LogP contribution is 2.32. The van der Waals surface area contributed by atoms with Crippen molar-refractivity contribution in [2.45, 2.75) is 24.7 Å². The van der Waals surface area contributed by atoms with Crippen LogP contribution < -0.4 is 5.14 Å². The van der Waals surface area contributed by atoms with Crippen molar-refractivity contribution in [3.05, 3.63) is 65.9 Å². The molecule has 2 aromatic rings. The molecule has 0 spiro atoms. The van der Waals surface area contributed by atoms with Crippen LogP contribution in [0, 0.1) is 0 Å². The molecule has 0 saturated carbocycles. The maximum Gasteiger partial charge on any atom is 0.0514 e. The molecule has 0 aliphatic carbocycles. The van der Waals surface area contributed by atoms with Crippen LogP contribution in [0.3, 0.4) is 0 Å². The van der Waals surface area contributed by atoms with Crippen LogP contribution in [0.1, 0.15) is 24.5 Å². The molecule has 0 fully saturated rings. The van der Waals surface area contributed by atoms with Gasteiger partial charge in [0.05, 0.1) is 5.71 Å². The predicted octanol–water partition coefficient (Wildman–Crippen LogP) is 4.59. The smallest absolute Gasteiger partial charge is 0.0514 e. The van der Waals surface area contributed by atoms with E-state index >= 15 is 0 Å². The Kier molecular flexibility index (Phi) is 4.23. The Morgan fingerprint density at radius 2 is 2.00 bits per heavy atom. The summed E-state index contributed by atoms with van der Waals surface area (Å²) in [5.74, 6) is 0. The lowest BCUT2D eigenvalue weighted by atomic mass is 9.94. The summed E-state index contributed by atoms with van der Waals surface area (Å²) in [6.07, 6.45) is 5.90. The quantitative estimate of drug-likeness (QED) is 0.838. The number of hydrogen-bond acceptors (Lipinski definition) is 3. The minimum absolute atomic E-state index is 0.928. The number of allylic oxidation sites excluding steroid dienone is 1. The van der Waals surface area contributed by atoms with Crippen LogP contribution in [-0.2, 0) is 6.42 Å². The molecule has 0 amide bonds. The Bertz CT molecular complexity index is 717. The highest BCUT2D eigenvalue weighted by molar-refractivity contribution is 7.97. The Balaban J connectivity index is 2.07. The number of rotatable bonds is 4. The van der Waals surface area contributed by atoms with Crippen LogP contribution in [0.25, 0.3) is 11.1 Å². The summed E-state index contributed by atoms with van der Waals surface area (Å²) in [5, 5.41) is 5.80. The summed E-state index contributed by atoms with van der Waals surface area (Å²) in [6, 6.07) is 14.9. The van der Waals surface area contributed by atoms with Crippen LogP contribution in [-0.4, -0.2) is 5.71 Å². The topological polar surface area (TPSA) is 38.4 Å². The Hall–Kier alpha value is -1.84. The average Bonchev–Trinajstić information content (AvgIpc) is 3.08. The normalized spacial score (nSPS) is 13.5. The molecule has 1 heterocycles. The fourth-order valence-corrected chi connectivity index (χ4v) is 3.13. The second-order valence-corrected chi connectivity index (χ2v) is 5.68. The van der Waals surface area contributed by atoms with Gasteiger partial charge in [-0.05, 0) is 52.8 Å². The summed E-state index contributed by atoms with van der Waals surface area (Å²) in [5.41, 5.74) is 6.18. The summed E-state index contributed by atoms with van der Waals surface area (Å²) in [6.45, 7) is 2.19. The summed E-state index contributed by atoms with van der Waals surface area (Å²) in [4.78, 5) is 5.54. The standard InChI is InChI=1S/C18H18N2S/c1-2-13-12-14(17-7-5-11-20-17)9-10-15(13)16-6-3-4-8-18(16)21-19/h3-6,8-12H,2,7,19H2,1H3. The second-order valence-electron chi connectivity index (χ2n) is 5.00. The lowest BCUT2D eigenvalue weighted by Crippen LogP contribution is -1.99. The fourth-order valence-electron chi connectivity index (χ4n) is 2.67. The van der Waals surface area contributed by atoms with E-state index in [-0.39, 0.29) is 0 Å². The van der Waals surface area contributed by atoms with E-state index in [2.05, 4.69) is 54.4 Å². The molecule has 0 aromatic heterocycles. The lowest BCUT2D eigenvalue weighted by Gasteiger charge is -2.13. The fraction of sp³-hybridized carbons (Fsp3) is 0.167. The van der Waals surface area contributed by atoms with Crippen molar-refractivity contribution in [3.63, 3.8) is 0 Å². The average molecular weight is 294 g/mol. The van der Waals surface area contributed by atoms with E-state index in [4.69, 9.17) is 5.14 Å². The van der Waals surface area contributed by atoms with Gasteiger partial charge in [-0.2, -0.15) is 0 Å². The van der Waals surface area contributed by atoms with E-state index < -0.39 is 0 Å². The van der Waals surface area contributed by atoms with Gasteiger partial charge in [0.2, 0.25) is 0 Å². The molecule has 0 radical (unpaired) electrons. The highest BCUT2D eigenvalue weighted by atomic mass is 32.2. The van der Waals surface area contributed by atoms with Crippen LogP contribution in [0.5, 0.6) is 0 Å². The van der Waals surface area contributed by atoms with E-state index in [1.54, 1.807) is 0 Å². The molecule has 2 N–H and O–H groups in total. The molecule has 2 aromatic carbocycles. The summed E-state index contributed by atoms with van der Waals surface area (Å²) in [7, 11) is 0. The van der Waals surface area contributed by atoms with Crippen molar-refractivity contribution in [2.24, 2.45) is 10.1 Å². The molecule has 1 aliphatic rings. The van der Waals surface area contributed by atoms with Gasteiger partial charge in [0.1, 0.15) is 0 Å². The van der Waals surface area contributed by atoms with Crippen LogP contribution in [0.2, 0.25) is 0 Å². The van der Waals surface area contributed by atoms with Gasteiger partial charge in [-0.3, -0.25) is 10.1 Å². The third-order valence-corrected chi connectivity index (χ3v) is 4.38. The van der Waals surface area contributed by atoms with Gasteiger partial charge in [0.15, 0.2) is 0 Å². The molecule has 3 heteroatoms. The van der Waals surface area contributed by atoms with E-state index in [9.17, 15) is 0 Å². The molecule has 0 bridgehead atoms. The van der Waals surface area contributed by atoms with Crippen molar-refractivity contribution in [1.29, 1.82) is 0 Å². The molecule has 0 unspecified atom stereocenters. The SMILES string of the molecule is CCc1cc(C2=NC=CC2)ccc1-c1ccccc1SN. The largest absolute Gasteiger partial charge is 0.274 e. The third-order valence-electron chi connectivity index (χ3n) is 3.77. The zero-order valence-electron chi connectivity index (χ0n) is 12.0. The van der Waals surface area contributed by atoms with Gasteiger partial charge in [0.25, 0.3) is 0 Å². The molecule has 21 heavy (non-hydrogen) atoms. The first kappa shape index (κ1) is 14.1. The Morgan fingerprint density at radius 3 is 2.71 bits per heavy atom. The number of aryl methyl sites for hydroxylation is 1. The summed E-state index contributed by atoms with van der Waals surface area (Å²) >= 11 is 1.31. The summed E-state index contributed by atoms with van der Waals surface area (Å²) < 4.78 is 0. The van der Waals surface area contributed by atoms with Gasteiger partial charge in [0, 0.05) is 17.5 Å². The van der Waals surface area contributed by atoms with E-state index in [0.717, 1.165) is 23.4 Å². The first-order chi connectivity index (χ1) is 10.3. The molecule has 1 aliphatic heterocycles. The lowest BCUT2D eigenvalue weighted by molar-refractivity contribution is 1.14. The zero-order valence-corrected chi connectivity index (χ0v) is 12.9. The van der Waals surface area contributed by atoms with Crippen molar-refractivity contribution in [3.8, 4) is 11.1 Å². The maximum absolute atomic E-state index is 5.80. The minimum atomic E-state index is 0.928. The highest BCUT2D eigenvalue weighted by Gasteiger charge is 2.12. The molecular weight excluding hydrogens is 276 g/mol. The number of aliphatic imine (C=N–C) groups is 1. The van der Waals surface area contributed by atoms with Gasteiger partial charge in [-0.15, -0.1) is 0 Å². The molecular formula is C18H18N2S. The van der Waals surface area contributed by atoms with Crippen molar-refractivity contribution in [1.82, 2.24) is 0 Å². The minimum Gasteiger partial charge on any atom is -0.274 e. The predicted molar refractivity (Wildman–Crippen MR) is 91.6 cm³/mol. The van der Waals surface area contributed by atoms with E-state index in [0.29, 0.717) is 0 Å². The van der Waals surface area contributed by atoms with Crippen LogP contribution in [0.4, 0.5) is 0 Å². The van der Waals surface area contributed by atoms with E-state index in [1.807, 2.05) is 12.3 Å². The van der Waals surface area contributed by atoms with Gasteiger partial charge >= 0.3 is 0 Å². The van der Waals surface area contributed by atoms with Crippen LogP contribution >= 0.6 is 11.9 Å². The van der Waals surface area contributed by atoms with E-state index in [1.165, 1.54) is 34.2 Å². The van der Waals surface area contributed by atoms with Crippen molar-refractivity contribution in [2.75, 3.05) is 0 Å². The number of nitrogens with zero attached hydrogens (tertiary/aromatic N) is 1. The third kappa shape index (κ3) is 2.80. The first-order valence-electron chi connectivity index (χ1n) is 7.14. The van der Waals surface area contributed by atoms with Crippen LogP contribution in [0.15, 0.2) is 64.6 Å². The first-order valence-corrected chi connectivity index (χ1v) is 8.02. The molecule has 2 nitrogen and oxygen atoms in total. The molecule has 3 rings (SSSR count). The van der Waals surface area contributed by atoms with Gasteiger partial charge < -0.3 is 0 Å². The Labute approximate surface area is 129 Å². The van der Waals surface area contributed by atoms with Crippen molar-refractivity contribution >= 4 is 17.7 Å². The Morgan fingerprint density at radius 1 is 1.14 bits per heavy atom. The molecule has 106 valence electrons. The monoisotopic (exact) mass is 294 g/mol.